The van der Waals surface area contributed by atoms with Gasteiger partial charge in [-0.15, -0.1) is 0 Å². The number of carbonyl (C=O) groups excluding carboxylic acids is 1. The summed E-state index contributed by atoms with van der Waals surface area (Å²) >= 11 is 4.58. The molecule has 1 aliphatic rings. The average Bonchev–Trinajstić information content (AvgIpc) is 1.96. The first kappa shape index (κ1) is 6.53. The number of amides is 2. The second kappa shape index (κ2) is 2.83. The van der Waals surface area contributed by atoms with Crippen LogP contribution in [0.2, 0.25) is 0 Å². The van der Waals surface area contributed by atoms with Gasteiger partial charge in [0.15, 0.2) is 0 Å². The number of urea groups is 1. The molecule has 1 unspecified atom stereocenters. The summed E-state index contributed by atoms with van der Waals surface area (Å²) in [5.41, 5.74) is 0. The summed E-state index contributed by atoms with van der Waals surface area (Å²) in [4.78, 5) is 21.0. The van der Waals surface area contributed by atoms with Gasteiger partial charge in [0, 0.05) is 7.77 Å². The molecule has 60 valence electrons. The molecule has 0 radical (unpaired) electrons. The summed E-state index contributed by atoms with van der Waals surface area (Å²) in [6.45, 7) is 0. The smallest absolute Gasteiger partial charge is 0.326 e. The third kappa shape index (κ3) is 1.87. The van der Waals surface area contributed by atoms with E-state index >= 15 is 0 Å². The summed E-state index contributed by atoms with van der Waals surface area (Å²) in [5, 5.41) is 12.7. The van der Waals surface area contributed by atoms with Crippen molar-refractivity contribution in [1.82, 2.24) is 10.6 Å². The monoisotopic (exact) mass is 175 g/mol. The number of hydrogen-bond acceptors (Lipinski definition) is 3. The highest BCUT2D eigenvalue weighted by atomic mass is 32.1. The molecule has 0 aromatic carbocycles. The lowest BCUT2D eigenvalue weighted by atomic mass is 10.2. The van der Waals surface area contributed by atoms with E-state index in [1.165, 1.54) is 0 Å². The van der Waals surface area contributed by atoms with Crippen LogP contribution >= 0.6 is 12.2 Å². The standard InChI is InChI=1S/C5H6N2O3S/c8-4(9)2-1-3(11)7-5(10)6-2/h2H,1H2,(H,8,9)(H2,6,7,10,11)/t2-/m0/s1/i1D/t1?,2-. The molecule has 1 saturated heterocycles. The molecule has 5 nitrogen and oxygen atoms in total. The minimum atomic E-state index is -1.26. The number of aliphatic carboxylic acids is 1. The minimum absolute atomic E-state index is 0.0637. The molecule has 0 aromatic rings. The van der Waals surface area contributed by atoms with Crippen molar-refractivity contribution in [3.8, 4) is 0 Å². The molecule has 1 rings (SSSR count). The zero-order chi connectivity index (χ0) is 9.30. The lowest BCUT2D eigenvalue weighted by molar-refractivity contribution is -0.139. The first-order valence-corrected chi connectivity index (χ1v) is 3.19. The predicted octanol–water partition coefficient (Wildman–Crippen LogP) is -0.530. The highest BCUT2D eigenvalue weighted by Crippen LogP contribution is 1.98. The Balaban J connectivity index is 2.79. The van der Waals surface area contributed by atoms with Gasteiger partial charge in [0.1, 0.15) is 6.04 Å². The van der Waals surface area contributed by atoms with Crippen LogP contribution < -0.4 is 10.6 Å². The number of hydrogen-bond donors (Lipinski definition) is 3. The largest absolute Gasteiger partial charge is 0.480 e. The summed E-state index contributed by atoms with van der Waals surface area (Å²) in [6, 6.07) is -1.91. The molecular weight excluding hydrogens is 168 g/mol. The van der Waals surface area contributed by atoms with Crippen molar-refractivity contribution in [3.05, 3.63) is 0 Å². The van der Waals surface area contributed by atoms with Crippen LogP contribution in [0.5, 0.6) is 0 Å². The Morgan fingerprint density at radius 3 is 3.09 bits per heavy atom. The maximum absolute atomic E-state index is 10.7. The molecule has 0 aliphatic carbocycles. The molecule has 2 amide bonds. The molecule has 0 aromatic heterocycles. The Labute approximate surface area is 69.2 Å². The Morgan fingerprint density at radius 2 is 2.55 bits per heavy atom. The average molecular weight is 175 g/mol. The number of nitrogens with one attached hydrogen (secondary N) is 2. The van der Waals surface area contributed by atoms with E-state index in [1.54, 1.807) is 0 Å². The van der Waals surface area contributed by atoms with Gasteiger partial charge in [-0.25, -0.2) is 9.59 Å². The van der Waals surface area contributed by atoms with Crippen molar-refractivity contribution in [2.45, 2.75) is 12.4 Å². The van der Waals surface area contributed by atoms with Gasteiger partial charge in [-0.3, -0.25) is 0 Å². The van der Waals surface area contributed by atoms with Gasteiger partial charge in [0.05, 0.1) is 4.99 Å². The Bertz CT molecular complexity index is 257. The fraction of sp³-hybridized carbons (Fsp3) is 0.400. The van der Waals surface area contributed by atoms with Crippen LogP contribution in [0.25, 0.3) is 0 Å². The second-order valence-corrected chi connectivity index (χ2v) is 2.39. The maximum Gasteiger partial charge on any atom is 0.326 e. The first-order valence-electron chi connectivity index (χ1n) is 3.36. The fourth-order valence-electron chi connectivity index (χ4n) is 0.657. The molecule has 0 bridgehead atoms. The predicted molar refractivity (Wildman–Crippen MR) is 40.3 cm³/mol. The van der Waals surface area contributed by atoms with Crippen molar-refractivity contribution in [2.75, 3.05) is 0 Å². The van der Waals surface area contributed by atoms with Crippen molar-refractivity contribution in [1.29, 1.82) is 0 Å². The van der Waals surface area contributed by atoms with Crippen LogP contribution in [0, 0.1) is 0 Å². The van der Waals surface area contributed by atoms with Crippen molar-refractivity contribution < 1.29 is 16.1 Å². The van der Waals surface area contributed by atoms with Crippen LogP contribution in [-0.4, -0.2) is 28.1 Å². The lowest BCUT2D eigenvalue weighted by Gasteiger charge is -2.20. The molecule has 0 spiro atoms. The summed E-state index contributed by atoms with van der Waals surface area (Å²) in [7, 11) is 0. The molecular formula is C5H6N2O3S. The summed E-state index contributed by atoms with van der Waals surface area (Å²) < 4.78 is 7.26. The van der Waals surface area contributed by atoms with Crippen LogP contribution in [0.3, 0.4) is 0 Å². The van der Waals surface area contributed by atoms with Crippen LogP contribution in [0.1, 0.15) is 7.77 Å². The van der Waals surface area contributed by atoms with Gasteiger partial charge >= 0.3 is 12.0 Å². The van der Waals surface area contributed by atoms with Crippen LogP contribution in [-0.2, 0) is 4.79 Å². The van der Waals surface area contributed by atoms with E-state index in [-0.39, 0.29) is 4.99 Å². The Kier molecular flexibility index (Phi) is 1.68. The molecule has 2 atom stereocenters. The summed E-state index contributed by atoms with van der Waals surface area (Å²) in [6.07, 6.45) is -1.12. The number of carboxylic acid groups (broad SMARTS) is 1. The van der Waals surface area contributed by atoms with Crippen LogP contribution in [0.15, 0.2) is 0 Å². The molecule has 3 N–H and O–H groups in total. The highest BCUT2D eigenvalue weighted by Gasteiger charge is 2.26. The minimum Gasteiger partial charge on any atom is -0.480 e. The van der Waals surface area contributed by atoms with Gasteiger partial charge in [0.25, 0.3) is 0 Å². The number of carboxylic acids is 1. The van der Waals surface area contributed by atoms with Crippen LogP contribution in [0.4, 0.5) is 4.79 Å². The van der Waals surface area contributed by atoms with Gasteiger partial charge in [-0.1, -0.05) is 12.2 Å². The molecule has 1 fully saturated rings. The van der Waals surface area contributed by atoms with Gasteiger partial charge < -0.3 is 15.7 Å². The Morgan fingerprint density at radius 1 is 1.91 bits per heavy atom. The van der Waals surface area contributed by atoms with Crippen molar-refractivity contribution in [2.24, 2.45) is 0 Å². The van der Waals surface area contributed by atoms with Gasteiger partial charge in [0.2, 0.25) is 0 Å². The zero-order valence-electron chi connectivity index (χ0n) is 6.33. The lowest BCUT2D eigenvalue weighted by Crippen LogP contribution is -2.54. The van der Waals surface area contributed by atoms with E-state index in [2.05, 4.69) is 22.9 Å². The summed E-state index contributed by atoms with van der Waals surface area (Å²) in [5.74, 6) is -1.26. The molecule has 6 heteroatoms. The zero-order valence-corrected chi connectivity index (χ0v) is 6.14. The molecule has 0 saturated carbocycles. The molecule has 1 aliphatic heterocycles. The fourth-order valence-corrected chi connectivity index (χ4v) is 0.886. The third-order valence-electron chi connectivity index (χ3n) is 1.11. The number of thiocarbonyl (C=S) groups is 1. The highest BCUT2D eigenvalue weighted by molar-refractivity contribution is 7.80. The van der Waals surface area contributed by atoms with E-state index < -0.39 is 24.4 Å². The SMILES string of the molecule is [2H]C1C(=S)NC(=O)N[C@@H]1C(=O)O. The second-order valence-electron chi connectivity index (χ2n) is 1.95. The normalized spacial score (nSPS) is 31.8. The van der Waals surface area contributed by atoms with E-state index in [0.29, 0.717) is 0 Å². The third-order valence-corrected chi connectivity index (χ3v) is 1.35. The quantitative estimate of drug-likeness (QED) is 0.468. The first-order chi connectivity index (χ1) is 5.52. The molecule has 1 heterocycles. The Hall–Kier alpha value is -1.17. The van der Waals surface area contributed by atoms with E-state index in [1.807, 2.05) is 0 Å². The van der Waals surface area contributed by atoms with E-state index in [4.69, 9.17) is 6.48 Å². The van der Waals surface area contributed by atoms with E-state index in [9.17, 15) is 9.59 Å². The van der Waals surface area contributed by atoms with Gasteiger partial charge in [-0.05, 0) is 0 Å². The van der Waals surface area contributed by atoms with Gasteiger partial charge in [-0.2, -0.15) is 0 Å². The van der Waals surface area contributed by atoms with Crippen molar-refractivity contribution >= 4 is 29.2 Å². The maximum atomic E-state index is 10.7. The van der Waals surface area contributed by atoms with E-state index in [0.717, 1.165) is 0 Å². The number of rotatable bonds is 1. The number of carbonyl (C=O) groups is 2. The molecule has 11 heavy (non-hydrogen) atoms. The topological polar surface area (TPSA) is 78.4 Å². The van der Waals surface area contributed by atoms with Crippen molar-refractivity contribution in [3.63, 3.8) is 0 Å².